The molecule has 0 N–H and O–H groups in total. The van der Waals surface area contributed by atoms with Crippen molar-refractivity contribution in [3.63, 3.8) is 0 Å². The molecule has 4 heterocycles. The van der Waals surface area contributed by atoms with Crippen LogP contribution in [-0.2, 0) is 30.2 Å². The van der Waals surface area contributed by atoms with Gasteiger partial charge in [-0.3, -0.25) is 0 Å². The van der Waals surface area contributed by atoms with E-state index in [0.29, 0.717) is 22.9 Å². The number of anilines is 2. The van der Waals surface area contributed by atoms with Gasteiger partial charge in [-0.25, -0.2) is 0 Å². The van der Waals surface area contributed by atoms with Crippen LogP contribution in [0.5, 0.6) is 11.6 Å². The summed E-state index contributed by atoms with van der Waals surface area (Å²) in [6, 6.07) is 59.1. The summed E-state index contributed by atoms with van der Waals surface area (Å²) in [6.45, 7) is 17.5. The number of imidazole rings is 1. The van der Waals surface area contributed by atoms with Crippen molar-refractivity contribution in [1.29, 1.82) is 0 Å². The zero-order valence-electron chi connectivity index (χ0n) is 47.3. The third-order valence-corrected chi connectivity index (χ3v) is 16.3. The number of pyridine rings is 1. The summed E-state index contributed by atoms with van der Waals surface area (Å²) < 4.78 is 60.0. The first-order chi connectivity index (χ1) is 37.2. The molecular formula is C65H58BN5OPt. The fourth-order valence-corrected chi connectivity index (χ4v) is 11.6. The molecule has 0 saturated carbocycles. The van der Waals surface area contributed by atoms with Crippen LogP contribution in [0.25, 0.3) is 66.5 Å². The Hall–Kier alpha value is -7.47. The average molecular weight is 1140 g/mol. The molecule has 3 aromatic heterocycles. The van der Waals surface area contributed by atoms with Crippen molar-refractivity contribution in [1.82, 2.24) is 18.6 Å². The van der Waals surface area contributed by atoms with Gasteiger partial charge in [-0.05, 0) is 6.07 Å². The van der Waals surface area contributed by atoms with Gasteiger partial charge in [-0.15, -0.1) is 0 Å². The molecule has 12 rings (SSSR count). The molecule has 0 radical (unpaired) electrons. The van der Waals surface area contributed by atoms with Crippen LogP contribution in [0.1, 0.15) is 73.4 Å². The topological polar surface area (TPSA) is 40.1 Å². The summed E-state index contributed by atoms with van der Waals surface area (Å²) in [5.41, 5.74) is 11.5. The Kier molecular flexibility index (Phi) is 9.92. The van der Waals surface area contributed by atoms with Crippen LogP contribution in [0.15, 0.2) is 206 Å². The van der Waals surface area contributed by atoms with Crippen LogP contribution in [0.2, 0.25) is 0 Å². The molecule has 8 aromatic carbocycles. The molecule has 0 spiro atoms. The first-order valence-corrected chi connectivity index (χ1v) is 26.0. The number of fused-ring (bicyclic) bond motifs is 4. The molecule has 0 amide bonds. The molecule has 0 unspecified atom stereocenters. The second-order valence-corrected chi connectivity index (χ2v) is 22.7. The van der Waals surface area contributed by atoms with Crippen LogP contribution in [0.3, 0.4) is 0 Å². The van der Waals surface area contributed by atoms with Gasteiger partial charge in [0.2, 0.25) is 0 Å². The van der Waals surface area contributed by atoms with E-state index in [9.17, 15) is 2.74 Å². The molecule has 0 bridgehead atoms. The summed E-state index contributed by atoms with van der Waals surface area (Å²) in [4.78, 5) is 7.76. The molecular weight excluding hydrogens is 1070 g/mol. The maximum atomic E-state index is 9.45. The summed E-state index contributed by atoms with van der Waals surface area (Å²) in [7, 11) is 0. The van der Waals surface area contributed by atoms with E-state index in [-0.39, 0.29) is 47.5 Å². The quantitative estimate of drug-likeness (QED) is 0.135. The first-order valence-electron chi connectivity index (χ1n) is 27.4. The van der Waals surface area contributed by atoms with Gasteiger partial charge in [0.05, 0.1) is 0 Å². The van der Waals surface area contributed by atoms with Crippen molar-refractivity contribution in [2.24, 2.45) is 5.41 Å². The van der Waals surface area contributed by atoms with Crippen molar-refractivity contribution in [2.75, 3.05) is 4.81 Å². The molecule has 0 saturated heterocycles. The number of nitrogens with zero attached hydrogens (tertiary/aromatic N) is 5. The maximum absolute atomic E-state index is 9.45. The zero-order chi connectivity index (χ0) is 54.7. The molecule has 0 atom stereocenters. The second kappa shape index (κ2) is 17.6. The minimum absolute atomic E-state index is 0.141. The van der Waals surface area contributed by atoms with Crippen LogP contribution in [0.4, 0.5) is 11.5 Å². The Balaban J connectivity index is 1.04. The minimum atomic E-state index is -0.434. The second-order valence-electron chi connectivity index (χ2n) is 21.7. The Labute approximate surface area is 446 Å². The van der Waals surface area contributed by atoms with Gasteiger partial charge in [0.1, 0.15) is 0 Å². The predicted molar refractivity (Wildman–Crippen MR) is 301 cm³/mol. The normalized spacial score (nSPS) is 13.9. The summed E-state index contributed by atoms with van der Waals surface area (Å²) in [5.74, 6) is 1.83. The number of benzene rings is 8. The Morgan fingerprint density at radius 2 is 1.18 bits per heavy atom. The molecule has 73 heavy (non-hydrogen) atoms. The van der Waals surface area contributed by atoms with E-state index in [0.717, 1.165) is 70.8 Å². The van der Waals surface area contributed by atoms with E-state index in [1.54, 1.807) is 0 Å². The molecule has 0 aliphatic carbocycles. The number of hydrogen-bond acceptors (Lipinski definition) is 3. The van der Waals surface area contributed by atoms with E-state index in [1.165, 1.54) is 10.8 Å². The Bertz CT molecular complexity index is 4260. The van der Waals surface area contributed by atoms with Crippen LogP contribution >= 0.6 is 0 Å². The first kappa shape index (κ1) is 41.1. The molecule has 6 nitrogen and oxygen atoms in total. The van der Waals surface area contributed by atoms with E-state index in [1.807, 2.05) is 48.5 Å². The average Bonchev–Trinajstić information content (AvgIpc) is 3.91. The van der Waals surface area contributed by atoms with Gasteiger partial charge in [0.15, 0.2) is 0 Å². The molecule has 1 aliphatic heterocycles. The molecule has 362 valence electrons. The third-order valence-electron chi connectivity index (χ3n) is 15.2. The molecule has 11 aromatic rings. The number of ether oxygens (including phenoxy) is 1. The fraction of sp³-hybridized carbons (Fsp3) is 0.169. The summed E-state index contributed by atoms with van der Waals surface area (Å²) in [6.07, 6.45) is 0. The molecule has 8 heteroatoms. The summed E-state index contributed by atoms with van der Waals surface area (Å²) in [5, 5.41) is 2.42. The third kappa shape index (κ3) is 7.83. The van der Waals surface area contributed by atoms with Crippen LogP contribution in [0, 0.1) is 9.22 Å². The van der Waals surface area contributed by atoms with Crippen molar-refractivity contribution in [2.45, 2.75) is 66.2 Å². The van der Waals surface area contributed by atoms with E-state index < -0.39 is 11.5 Å². The van der Waals surface area contributed by atoms with Gasteiger partial charge < -0.3 is 0 Å². The van der Waals surface area contributed by atoms with E-state index >= 15 is 0 Å². The van der Waals surface area contributed by atoms with Gasteiger partial charge in [-0.1, -0.05) is 60.7 Å². The number of rotatable bonds is 9. The fourth-order valence-electron chi connectivity index (χ4n) is 10.5. The number of para-hydroxylation sites is 4. The molecule has 0 fully saturated rings. The van der Waals surface area contributed by atoms with E-state index in [4.69, 9.17) is 13.8 Å². The zero-order valence-corrected chi connectivity index (χ0v) is 44.6. The van der Waals surface area contributed by atoms with Gasteiger partial charge in [-0.2, -0.15) is 0 Å². The van der Waals surface area contributed by atoms with Crippen molar-refractivity contribution >= 4 is 56.8 Å². The molecule has 1 aliphatic rings. The van der Waals surface area contributed by atoms with Gasteiger partial charge in [0.25, 0.3) is 0 Å². The Morgan fingerprint density at radius 3 is 1.88 bits per heavy atom. The Morgan fingerprint density at radius 1 is 0.562 bits per heavy atom. The van der Waals surface area contributed by atoms with E-state index in [2.05, 4.69) is 221 Å². The predicted octanol–water partition coefficient (Wildman–Crippen LogP) is 16.1. The number of aromatic nitrogens is 4. The van der Waals surface area contributed by atoms with Gasteiger partial charge in [0, 0.05) is 16.3 Å². The van der Waals surface area contributed by atoms with Crippen molar-refractivity contribution < 1.29 is 30.9 Å². The van der Waals surface area contributed by atoms with Crippen LogP contribution in [-0.4, -0.2) is 25.6 Å². The van der Waals surface area contributed by atoms with Crippen LogP contribution < -0.4 is 15.0 Å². The number of hydrogen-bond donors (Lipinski definition) is 0. The van der Waals surface area contributed by atoms with Gasteiger partial charge >= 0.3 is 366 Å². The standard InChI is InChI=1S/C65H58BN5O.Pt/c1-63(2,3)46-40-59(70-58-37-23-33-52-51-32-18-19-34-55(51)71(62(52)58)66(70)48-28-16-11-17-29-48)67-60(41-46)72-50-31-22-30-49(42-50)68-43-69(57-36-21-20-35-56(57)68)61-53(44-24-12-9-13-25-44)38-47(65(7,8)64(4,5)6)39-54(61)45-26-14-10-15-27-45;/h9-42H,1-8H3;/i9D,12D,13D,24D,25D;. The van der Waals surface area contributed by atoms with Crippen molar-refractivity contribution in [3.8, 4) is 45.3 Å². The summed E-state index contributed by atoms with van der Waals surface area (Å²) >= 11 is 2.38. The SMILES string of the molecule is [2H]c1c([2H])c([2H])c(-c2cc(C(C)(C)C(C)(C)C)cc(-c3ccccc3)c2-n2[c](=[Pt])n(-c3cccc(Oc4cc(C(C)(C)C)cc(N5B(c6ccccc6)n6c7ccccc7c7cccc5c76)n4)c3)c3ccccc32)c([2H])c1[2H]. The van der Waals surface area contributed by atoms with Crippen molar-refractivity contribution in [3.05, 3.63) is 221 Å². The monoisotopic (exact) mass is 1140 g/mol.